The molecule has 1 fully saturated rings. The van der Waals surface area contributed by atoms with Crippen molar-refractivity contribution in [1.29, 1.82) is 0 Å². The van der Waals surface area contributed by atoms with Crippen LogP contribution < -0.4 is 5.46 Å². The predicted molar refractivity (Wildman–Crippen MR) is 125 cm³/mol. The lowest BCUT2D eigenvalue weighted by Crippen LogP contribution is -2.41. The van der Waals surface area contributed by atoms with Crippen molar-refractivity contribution in [3.8, 4) is 11.1 Å². The number of hydrogen-bond donors (Lipinski definition) is 0. The van der Waals surface area contributed by atoms with Gasteiger partial charge in [-0.25, -0.2) is 0 Å². The van der Waals surface area contributed by atoms with Gasteiger partial charge in [0.2, 0.25) is 0 Å². The van der Waals surface area contributed by atoms with Crippen molar-refractivity contribution in [3.63, 3.8) is 0 Å². The Labute approximate surface area is 180 Å². The van der Waals surface area contributed by atoms with Gasteiger partial charge in [0.25, 0.3) is 0 Å². The third kappa shape index (κ3) is 2.70. The maximum absolute atomic E-state index is 6.21. The van der Waals surface area contributed by atoms with E-state index in [0.29, 0.717) is 0 Å². The summed E-state index contributed by atoms with van der Waals surface area (Å²) in [5, 5.41) is 3.10. The molecule has 154 valence electrons. The Morgan fingerprint density at radius 1 is 0.742 bits per heavy atom. The molecule has 0 spiro atoms. The van der Waals surface area contributed by atoms with E-state index in [-0.39, 0.29) is 11.2 Å². The highest BCUT2D eigenvalue weighted by Gasteiger charge is 2.51. The van der Waals surface area contributed by atoms with Crippen LogP contribution in [-0.2, 0) is 9.31 Å². The van der Waals surface area contributed by atoms with Gasteiger partial charge in [-0.1, -0.05) is 42.5 Å². The molecule has 1 aliphatic rings. The summed E-state index contributed by atoms with van der Waals surface area (Å²) in [6.45, 7) is 8.24. The monoisotopic (exact) mass is 410 g/mol. The van der Waals surface area contributed by atoms with Gasteiger partial charge in [-0.2, -0.15) is 0 Å². The van der Waals surface area contributed by atoms with Crippen LogP contribution in [0.1, 0.15) is 27.7 Å². The van der Waals surface area contributed by atoms with Crippen molar-refractivity contribution >= 4 is 45.5 Å². The molecular formula is C26H23BO4. The van der Waals surface area contributed by atoms with Gasteiger partial charge in [-0.3, -0.25) is 0 Å². The van der Waals surface area contributed by atoms with Crippen LogP contribution in [0.5, 0.6) is 0 Å². The average Bonchev–Trinajstić information content (AvgIpc) is 3.39. The van der Waals surface area contributed by atoms with Crippen LogP contribution in [0.3, 0.4) is 0 Å². The molecule has 4 nitrogen and oxygen atoms in total. The van der Waals surface area contributed by atoms with E-state index in [1.54, 1.807) is 0 Å². The number of furan rings is 2. The van der Waals surface area contributed by atoms with Crippen molar-refractivity contribution in [3.05, 3.63) is 66.9 Å². The molecule has 5 heteroatoms. The van der Waals surface area contributed by atoms with Crippen molar-refractivity contribution in [2.75, 3.05) is 0 Å². The fourth-order valence-electron chi connectivity index (χ4n) is 4.34. The van der Waals surface area contributed by atoms with Crippen LogP contribution in [0.15, 0.2) is 75.8 Å². The van der Waals surface area contributed by atoms with Crippen LogP contribution >= 0.6 is 0 Å². The Hall–Kier alpha value is -3.02. The summed E-state index contributed by atoms with van der Waals surface area (Å²) in [7, 11) is -0.420. The van der Waals surface area contributed by atoms with Gasteiger partial charge < -0.3 is 18.1 Å². The Morgan fingerprint density at radius 2 is 1.45 bits per heavy atom. The fourth-order valence-corrected chi connectivity index (χ4v) is 4.34. The van der Waals surface area contributed by atoms with Crippen LogP contribution in [0.4, 0.5) is 0 Å². The summed E-state index contributed by atoms with van der Waals surface area (Å²) in [6.07, 6.45) is 1.83. The third-order valence-electron chi connectivity index (χ3n) is 6.81. The van der Waals surface area contributed by atoms with Gasteiger partial charge in [0.15, 0.2) is 0 Å². The molecule has 0 bridgehead atoms. The molecule has 0 N–H and O–H groups in total. The molecule has 0 radical (unpaired) electrons. The molecule has 0 aliphatic carbocycles. The van der Waals surface area contributed by atoms with Gasteiger partial charge in [0.1, 0.15) is 16.7 Å². The van der Waals surface area contributed by atoms with Gasteiger partial charge in [0.05, 0.1) is 22.9 Å². The maximum Gasteiger partial charge on any atom is 0.494 e. The van der Waals surface area contributed by atoms with Crippen molar-refractivity contribution in [2.24, 2.45) is 0 Å². The average molecular weight is 410 g/mol. The Balaban J connectivity index is 1.49. The van der Waals surface area contributed by atoms with E-state index in [0.717, 1.165) is 49.5 Å². The quantitative estimate of drug-likeness (QED) is 0.321. The highest BCUT2D eigenvalue weighted by Crippen LogP contribution is 2.40. The predicted octanol–water partition coefficient (Wildman–Crippen LogP) is 6.30. The molecule has 0 unspecified atom stereocenters. The summed E-state index contributed by atoms with van der Waals surface area (Å²) in [5.74, 6) is 0. The highest BCUT2D eigenvalue weighted by atomic mass is 16.7. The van der Waals surface area contributed by atoms with Crippen molar-refractivity contribution < 1.29 is 18.1 Å². The standard InChI is InChI=1S/C26H23BO4/c1-25(2)26(3,4)31-27(30-25)17-10-11-19-22(14-17)29-21-13-12-18-20(15-28-24(18)23(19)21)16-8-6-5-7-9-16/h5-15H,1-4H3. The maximum atomic E-state index is 6.21. The molecule has 0 amide bonds. The van der Waals surface area contributed by atoms with E-state index in [9.17, 15) is 0 Å². The van der Waals surface area contributed by atoms with E-state index in [4.69, 9.17) is 18.1 Å². The van der Waals surface area contributed by atoms with Crippen molar-refractivity contribution in [2.45, 2.75) is 38.9 Å². The largest absolute Gasteiger partial charge is 0.494 e. The first-order valence-electron chi connectivity index (χ1n) is 10.6. The Kier molecular flexibility index (Phi) is 3.78. The lowest BCUT2D eigenvalue weighted by molar-refractivity contribution is 0.00578. The number of benzene rings is 3. The van der Waals surface area contributed by atoms with Crippen LogP contribution in [-0.4, -0.2) is 18.3 Å². The van der Waals surface area contributed by atoms with Crippen LogP contribution in [0.25, 0.3) is 44.0 Å². The molecule has 0 saturated carbocycles. The van der Waals surface area contributed by atoms with Gasteiger partial charge in [-0.15, -0.1) is 0 Å². The molecule has 3 heterocycles. The summed E-state index contributed by atoms with van der Waals surface area (Å²) >= 11 is 0. The molecular weight excluding hydrogens is 387 g/mol. The molecule has 3 aromatic carbocycles. The first-order valence-corrected chi connectivity index (χ1v) is 10.6. The first-order chi connectivity index (χ1) is 14.8. The SMILES string of the molecule is CC1(C)OB(c2ccc3c(c2)oc2ccc4c(-c5ccccc5)coc4c23)OC1(C)C. The second-order valence-corrected chi connectivity index (χ2v) is 9.28. The Morgan fingerprint density at radius 3 is 2.19 bits per heavy atom. The molecule has 1 saturated heterocycles. The van der Waals surface area contributed by atoms with Crippen LogP contribution in [0.2, 0.25) is 0 Å². The zero-order valence-electron chi connectivity index (χ0n) is 18.1. The molecule has 5 aromatic rings. The summed E-state index contributed by atoms with van der Waals surface area (Å²) in [6, 6.07) is 20.5. The molecule has 2 aromatic heterocycles. The molecule has 6 rings (SSSR count). The third-order valence-corrected chi connectivity index (χ3v) is 6.81. The van der Waals surface area contributed by atoms with Gasteiger partial charge in [0, 0.05) is 16.3 Å². The van der Waals surface area contributed by atoms with E-state index in [1.165, 1.54) is 0 Å². The minimum atomic E-state index is -0.420. The van der Waals surface area contributed by atoms with E-state index < -0.39 is 7.12 Å². The lowest BCUT2D eigenvalue weighted by atomic mass is 9.79. The second kappa shape index (κ2) is 6.25. The minimum absolute atomic E-state index is 0.380. The summed E-state index contributed by atoms with van der Waals surface area (Å²) < 4.78 is 24.7. The summed E-state index contributed by atoms with van der Waals surface area (Å²) in [4.78, 5) is 0. The fraction of sp³-hybridized carbons (Fsp3) is 0.231. The topological polar surface area (TPSA) is 44.7 Å². The lowest BCUT2D eigenvalue weighted by Gasteiger charge is -2.32. The number of rotatable bonds is 2. The van der Waals surface area contributed by atoms with Gasteiger partial charge in [-0.05, 0) is 56.9 Å². The van der Waals surface area contributed by atoms with E-state index in [2.05, 4.69) is 58.0 Å². The summed E-state index contributed by atoms with van der Waals surface area (Å²) in [5.41, 5.74) is 4.86. The van der Waals surface area contributed by atoms with E-state index in [1.807, 2.05) is 36.6 Å². The highest BCUT2D eigenvalue weighted by molar-refractivity contribution is 6.62. The number of fused-ring (bicyclic) bond motifs is 5. The molecule has 1 aliphatic heterocycles. The minimum Gasteiger partial charge on any atom is -0.463 e. The molecule has 31 heavy (non-hydrogen) atoms. The Bertz CT molecular complexity index is 1430. The van der Waals surface area contributed by atoms with Crippen molar-refractivity contribution in [1.82, 2.24) is 0 Å². The normalized spacial score (nSPS) is 17.9. The van der Waals surface area contributed by atoms with Gasteiger partial charge >= 0.3 is 7.12 Å². The molecule has 0 atom stereocenters. The first kappa shape index (κ1) is 18.7. The smallest absolute Gasteiger partial charge is 0.463 e. The second-order valence-electron chi connectivity index (χ2n) is 9.28. The number of hydrogen-bond acceptors (Lipinski definition) is 4. The van der Waals surface area contributed by atoms with E-state index >= 15 is 0 Å². The zero-order valence-corrected chi connectivity index (χ0v) is 18.1. The zero-order chi connectivity index (χ0) is 21.4. The van der Waals surface area contributed by atoms with Crippen LogP contribution in [0, 0.1) is 0 Å².